The molecule has 0 spiro atoms. The third kappa shape index (κ3) is 5.01. The second kappa shape index (κ2) is 9.38. The predicted octanol–water partition coefficient (Wildman–Crippen LogP) is 3.35. The topological polar surface area (TPSA) is 97.3 Å². The first kappa shape index (κ1) is 22.4. The lowest BCUT2D eigenvalue weighted by molar-refractivity contribution is -0.122. The first-order chi connectivity index (χ1) is 15.8. The minimum atomic E-state index is -0.827. The van der Waals surface area contributed by atoms with Crippen molar-refractivity contribution in [3.05, 3.63) is 93.6 Å². The number of nitrogens with zero attached hydrogens (tertiary/aromatic N) is 1. The number of Topliss-reactive ketones (excluding diaryl/α,β-unsaturated/α-hetero) is 1. The maximum atomic E-state index is 14.7. The molecule has 2 atom stereocenters. The Labute approximate surface area is 193 Å². The van der Waals surface area contributed by atoms with Gasteiger partial charge in [-0.25, -0.2) is 4.39 Å². The van der Waals surface area contributed by atoms with Gasteiger partial charge in [-0.3, -0.25) is 23.7 Å². The molecule has 3 aromatic rings. The van der Waals surface area contributed by atoms with Crippen molar-refractivity contribution in [1.29, 1.82) is 0 Å². The van der Waals surface area contributed by atoms with E-state index in [1.807, 2.05) is 0 Å². The highest BCUT2D eigenvalue weighted by Crippen LogP contribution is 2.26. The van der Waals surface area contributed by atoms with Crippen LogP contribution in [0.15, 0.2) is 71.7 Å². The normalized spacial score (nSPS) is 17.6. The Bertz CT molecular complexity index is 1290. The molecule has 0 radical (unpaired) electrons. The number of ketones is 1. The Morgan fingerprint density at radius 3 is 2.45 bits per heavy atom. The number of pyridine rings is 1. The first-order valence-corrected chi connectivity index (χ1v) is 10.6. The van der Waals surface area contributed by atoms with Crippen LogP contribution in [0.2, 0.25) is 5.02 Å². The number of aromatic nitrogens is 1. The maximum absolute atomic E-state index is 14.7. The lowest BCUT2D eigenvalue weighted by Crippen LogP contribution is -2.42. The molecule has 4 rings (SSSR count). The number of carbonyl (C=O) groups excluding carboxylic acids is 3. The van der Waals surface area contributed by atoms with Crippen LogP contribution in [0.4, 0.5) is 10.1 Å². The molecule has 1 aliphatic rings. The second-order valence-corrected chi connectivity index (χ2v) is 8.14. The van der Waals surface area contributed by atoms with Crippen LogP contribution < -0.4 is 16.2 Å². The Kier molecular flexibility index (Phi) is 6.37. The lowest BCUT2D eigenvalue weighted by atomic mass is 10.0. The number of anilines is 1. The van der Waals surface area contributed by atoms with Gasteiger partial charge in [0.05, 0.1) is 17.2 Å². The summed E-state index contributed by atoms with van der Waals surface area (Å²) in [5.41, 5.74) is 0.185. The summed E-state index contributed by atoms with van der Waals surface area (Å²) in [6.45, 7) is 0. The summed E-state index contributed by atoms with van der Waals surface area (Å²) in [6.07, 6.45) is 1.44. The fourth-order valence-corrected chi connectivity index (χ4v) is 3.90. The molecule has 1 heterocycles. The van der Waals surface area contributed by atoms with Gasteiger partial charge in [-0.15, -0.1) is 0 Å². The van der Waals surface area contributed by atoms with E-state index in [0.29, 0.717) is 10.7 Å². The van der Waals surface area contributed by atoms with Crippen molar-refractivity contribution in [3.63, 3.8) is 0 Å². The van der Waals surface area contributed by atoms with Gasteiger partial charge in [0.15, 0.2) is 0 Å². The molecule has 2 amide bonds. The summed E-state index contributed by atoms with van der Waals surface area (Å²) in [4.78, 5) is 49.4. The Morgan fingerprint density at radius 1 is 1.00 bits per heavy atom. The third-order valence-electron chi connectivity index (χ3n) is 5.44. The number of benzene rings is 2. The molecular formula is C24H19ClFN3O4. The average Bonchev–Trinajstić information content (AvgIpc) is 3.15. The molecule has 0 unspecified atom stereocenters. The first-order valence-electron chi connectivity index (χ1n) is 10.2. The molecule has 168 valence electrons. The van der Waals surface area contributed by atoms with E-state index in [4.69, 9.17) is 11.6 Å². The Balaban J connectivity index is 1.49. The van der Waals surface area contributed by atoms with Crippen LogP contribution in [-0.2, 0) is 9.59 Å². The summed E-state index contributed by atoms with van der Waals surface area (Å²) >= 11 is 5.85. The summed E-state index contributed by atoms with van der Waals surface area (Å²) in [7, 11) is 0. The monoisotopic (exact) mass is 467 g/mol. The van der Waals surface area contributed by atoms with Gasteiger partial charge in [-0.05, 0) is 48.5 Å². The van der Waals surface area contributed by atoms with Crippen molar-refractivity contribution >= 4 is 34.9 Å². The zero-order valence-corrected chi connectivity index (χ0v) is 18.0. The summed E-state index contributed by atoms with van der Waals surface area (Å²) < 4.78 is 16.0. The Morgan fingerprint density at radius 2 is 1.76 bits per heavy atom. The van der Waals surface area contributed by atoms with E-state index in [-0.39, 0.29) is 35.4 Å². The molecule has 9 heteroatoms. The molecule has 1 saturated carbocycles. The number of rotatable bonds is 5. The molecule has 0 bridgehead atoms. The Hall–Kier alpha value is -3.78. The van der Waals surface area contributed by atoms with Gasteiger partial charge in [0.25, 0.3) is 11.5 Å². The van der Waals surface area contributed by atoms with Gasteiger partial charge >= 0.3 is 0 Å². The summed E-state index contributed by atoms with van der Waals surface area (Å²) in [5.74, 6) is -2.96. The van der Waals surface area contributed by atoms with Crippen molar-refractivity contribution in [1.82, 2.24) is 9.88 Å². The fraction of sp³-hybridized carbons (Fsp3) is 0.167. The molecule has 1 aromatic heterocycles. The van der Waals surface area contributed by atoms with E-state index in [1.165, 1.54) is 29.0 Å². The van der Waals surface area contributed by atoms with Gasteiger partial charge in [0.2, 0.25) is 5.91 Å². The van der Waals surface area contributed by atoms with Gasteiger partial charge in [0, 0.05) is 41.9 Å². The lowest BCUT2D eigenvalue weighted by Gasteiger charge is -2.20. The average molecular weight is 468 g/mol. The van der Waals surface area contributed by atoms with E-state index >= 15 is 0 Å². The molecular weight excluding hydrogens is 449 g/mol. The molecule has 2 N–H and O–H groups in total. The van der Waals surface area contributed by atoms with Crippen LogP contribution in [0.5, 0.6) is 0 Å². The highest BCUT2D eigenvalue weighted by atomic mass is 35.5. The number of nitrogens with one attached hydrogen (secondary N) is 2. The molecule has 2 aromatic carbocycles. The quantitative estimate of drug-likeness (QED) is 0.601. The van der Waals surface area contributed by atoms with Crippen LogP contribution in [0.1, 0.15) is 23.2 Å². The fourth-order valence-electron chi connectivity index (χ4n) is 3.78. The van der Waals surface area contributed by atoms with E-state index in [1.54, 1.807) is 36.4 Å². The zero-order chi connectivity index (χ0) is 23.5. The van der Waals surface area contributed by atoms with Crippen LogP contribution in [0, 0.1) is 11.7 Å². The predicted molar refractivity (Wildman–Crippen MR) is 121 cm³/mol. The third-order valence-corrected chi connectivity index (χ3v) is 5.70. The zero-order valence-electron chi connectivity index (χ0n) is 17.3. The number of carbonyl (C=O) groups is 3. The molecule has 0 saturated heterocycles. The minimum Gasteiger partial charge on any atom is -0.348 e. The molecule has 33 heavy (non-hydrogen) atoms. The van der Waals surface area contributed by atoms with Gasteiger partial charge in [-0.1, -0.05) is 17.7 Å². The van der Waals surface area contributed by atoms with Crippen LogP contribution >= 0.6 is 11.6 Å². The number of halogens is 2. The van der Waals surface area contributed by atoms with Crippen molar-refractivity contribution in [3.8, 4) is 5.69 Å². The SMILES string of the molecule is O=C1C[C@H](NC(=O)c2ccc(-n3ccccc3=O)cc2F)[C@@H](C(=O)Nc2ccc(Cl)cc2)C1. The van der Waals surface area contributed by atoms with Crippen molar-refractivity contribution in [2.75, 3.05) is 5.32 Å². The summed E-state index contributed by atoms with van der Waals surface area (Å²) in [6, 6.07) is 14.0. The van der Waals surface area contributed by atoms with Crippen molar-refractivity contribution in [2.24, 2.45) is 5.92 Å². The number of amides is 2. The highest BCUT2D eigenvalue weighted by Gasteiger charge is 2.39. The van der Waals surface area contributed by atoms with Gasteiger partial charge in [-0.2, -0.15) is 0 Å². The van der Waals surface area contributed by atoms with Crippen LogP contribution in [0.3, 0.4) is 0 Å². The van der Waals surface area contributed by atoms with E-state index < -0.39 is 29.6 Å². The largest absolute Gasteiger partial charge is 0.348 e. The van der Waals surface area contributed by atoms with Gasteiger partial charge in [0.1, 0.15) is 11.6 Å². The number of hydrogen-bond acceptors (Lipinski definition) is 4. The smallest absolute Gasteiger partial charge is 0.255 e. The standard InChI is InChI=1S/C24H19ClFN3O4/c25-14-4-6-15(7-5-14)27-24(33)19-12-17(30)13-21(19)28-23(32)18-9-8-16(11-20(18)26)29-10-2-1-3-22(29)31/h1-11,19,21H,12-13H2,(H,27,33)(H,28,32)/t19-,21-/m0/s1. The molecule has 7 nitrogen and oxygen atoms in total. The molecule has 0 aliphatic heterocycles. The van der Waals surface area contributed by atoms with E-state index in [2.05, 4.69) is 10.6 Å². The van der Waals surface area contributed by atoms with E-state index in [9.17, 15) is 23.6 Å². The maximum Gasteiger partial charge on any atom is 0.255 e. The minimum absolute atomic E-state index is 0.0242. The van der Waals surface area contributed by atoms with Crippen LogP contribution in [-0.4, -0.2) is 28.2 Å². The van der Waals surface area contributed by atoms with Crippen LogP contribution in [0.25, 0.3) is 5.69 Å². The van der Waals surface area contributed by atoms with E-state index in [0.717, 1.165) is 6.07 Å². The number of hydrogen-bond donors (Lipinski definition) is 2. The van der Waals surface area contributed by atoms with Crippen molar-refractivity contribution < 1.29 is 18.8 Å². The van der Waals surface area contributed by atoms with Crippen molar-refractivity contribution in [2.45, 2.75) is 18.9 Å². The highest BCUT2D eigenvalue weighted by molar-refractivity contribution is 6.30. The summed E-state index contributed by atoms with van der Waals surface area (Å²) in [5, 5.41) is 5.84. The molecule has 1 fully saturated rings. The van der Waals surface area contributed by atoms with Gasteiger partial charge < -0.3 is 10.6 Å². The molecule has 1 aliphatic carbocycles. The second-order valence-electron chi connectivity index (χ2n) is 7.70.